The van der Waals surface area contributed by atoms with Gasteiger partial charge in [-0.25, -0.2) is 0 Å². The highest BCUT2D eigenvalue weighted by atomic mass is 14.8. The molecule has 0 saturated carbocycles. The Morgan fingerprint density at radius 3 is 1.89 bits per heavy atom. The van der Waals surface area contributed by atoms with E-state index in [1.54, 1.807) is 18.5 Å². The third-order valence-electron chi connectivity index (χ3n) is 1.54. The van der Waals surface area contributed by atoms with E-state index in [4.69, 9.17) is 0 Å². The van der Waals surface area contributed by atoms with Crippen LogP contribution in [0.5, 0.6) is 0 Å². The molecule has 2 heteroatoms. The fraction of sp³-hybridized carbons (Fsp3) is 0.412. The van der Waals surface area contributed by atoms with Gasteiger partial charge in [0, 0.05) is 12.4 Å². The summed E-state index contributed by atoms with van der Waals surface area (Å²) in [5.74, 6) is 0. The van der Waals surface area contributed by atoms with E-state index >= 15 is 0 Å². The van der Waals surface area contributed by atoms with Crippen LogP contribution in [0.15, 0.2) is 58.8 Å². The summed E-state index contributed by atoms with van der Waals surface area (Å²) in [6.45, 7) is 17.4. The number of aliphatic imine (C=N–C) groups is 2. The highest BCUT2D eigenvalue weighted by Gasteiger charge is 1.98. The molecular formula is C17H30N2. The van der Waals surface area contributed by atoms with Crippen molar-refractivity contribution >= 4 is 11.9 Å². The van der Waals surface area contributed by atoms with Crippen molar-refractivity contribution < 1.29 is 0 Å². The van der Waals surface area contributed by atoms with Gasteiger partial charge in [0.05, 0.1) is 11.4 Å². The quantitative estimate of drug-likeness (QED) is 0.564. The van der Waals surface area contributed by atoms with E-state index in [1.165, 1.54) is 0 Å². The van der Waals surface area contributed by atoms with Crippen molar-refractivity contribution in [2.75, 3.05) is 0 Å². The Bertz CT molecular complexity index is 329. The van der Waals surface area contributed by atoms with Crippen LogP contribution >= 0.6 is 0 Å². The van der Waals surface area contributed by atoms with Gasteiger partial charge in [0.1, 0.15) is 0 Å². The molecule has 0 heterocycles. The van der Waals surface area contributed by atoms with Crippen LogP contribution in [0, 0.1) is 0 Å². The summed E-state index contributed by atoms with van der Waals surface area (Å²) in [5, 5.41) is 0. The molecule has 2 nitrogen and oxygen atoms in total. The lowest BCUT2D eigenvalue weighted by molar-refractivity contribution is 1.40. The maximum absolute atomic E-state index is 4.29. The minimum absolute atomic E-state index is 0.839. The van der Waals surface area contributed by atoms with Crippen LogP contribution in [0.25, 0.3) is 0 Å². The van der Waals surface area contributed by atoms with Gasteiger partial charge in [-0.2, -0.15) is 0 Å². The van der Waals surface area contributed by atoms with Crippen LogP contribution in [-0.2, 0) is 0 Å². The summed E-state index contributed by atoms with van der Waals surface area (Å²) < 4.78 is 0. The monoisotopic (exact) mass is 262 g/mol. The molecule has 0 aromatic carbocycles. The number of hydrogen-bond donors (Lipinski definition) is 0. The Labute approximate surface area is 120 Å². The van der Waals surface area contributed by atoms with Crippen molar-refractivity contribution in [1.29, 1.82) is 0 Å². The number of rotatable bonds is 5. The molecule has 0 fully saturated rings. The predicted molar refractivity (Wildman–Crippen MR) is 92.2 cm³/mol. The van der Waals surface area contributed by atoms with Crippen LogP contribution < -0.4 is 0 Å². The van der Waals surface area contributed by atoms with Gasteiger partial charge in [-0.15, -0.1) is 0 Å². The molecule has 0 saturated heterocycles. The number of nitrogens with zero attached hydrogens (tertiary/aromatic N) is 2. The first-order chi connectivity index (χ1) is 9.29. The van der Waals surface area contributed by atoms with Crippen LogP contribution in [0.4, 0.5) is 0 Å². The van der Waals surface area contributed by atoms with Gasteiger partial charge in [0.25, 0.3) is 0 Å². The summed E-state index contributed by atoms with van der Waals surface area (Å²) in [6, 6.07) is 0. The molecule has 19 heavy (non-hydrogen) atoms. The minimum Gasteiger partial charge on any atom is -0.255 e. The van der Waals surface area contributed by atoms with E-state index in [0.717, 1.165) is 11.4 Å². The van der Waals surface area contributed by atoms with Crippen molar-refractivity contribution in [1.82, 2.24) is 0 Å². The van der Waals surface area contributed by atoms with E-state index in [-0.39, 0.29) is 0 Å². The average molecular weight is 262 g/mol. The fourth-order valence-corrected chi connectivity index (χ4v) is 0.929. The Hall–Kier alpha value is -1.70. The largest absolute Gasteiger partial charge is 0.255 e. The molecule has 0 amide bonds. The summed E-state index contributed by atoms with van der Waals surface area (Å²) in [7, 11) is 0. The molecule has 108 valence electrons. The SMILES string of the molecule is C=CC=N/C(=C\C)C(C=CC)=N/C=C\C.CC.CC. The lowest BCUT2D eigenvalue weighted by atomic mass is 10.2. The minimum atomic E-state index is 0.839. The molecule has 0 radical (unpaired) electrons. The van der Waals surface area contributed by atoms with Crippen molar-refractivity contribution in [2.24, 2.45) is 9.98 Å². The molecule has 0 aliphatic rings. The zero-order valence-electron chi connectivity index (χ0n) is 13.6. The third kappa shape index (κ3) is 14.2. The zero-order valence-corrected chi connectivity index (χ0v) is 13.6. The van der Waals surface area contributed by atoms with Gasteiger partial charge in [-0.3, -0.25) is 9.98 Å². The predicted octanol–water partition coefficient (Wildman–Crippen LogP) is 5.75. The first kappa shape index (κ1) is 22.5. The third-order valence-corrected chi connectivity index (χ3v) is 1.54. The first-order valence-electron chi connectivity index (χ1n) is 6.93. The molecule has 0 aromatic heterocycles. The number of hydrogen-bond acceptors (Lipinski definition) is 2. The Morgan fingerprint density at radius 1 is 0.947 bits per heavy atom. The fourth-order valence-electron chi connectivity index (χ4n) is 0.929. The van der Waals surface area contributed by atoms with Crippen LogP contribution in [0.1, 0.15) is 48.5 Å². The summed E-state index contributed by atoms with van der Waals surface area (Å²) in [5.41, 5.74) is 1.68. The Balaban J connectivity index is -0.000000579. The summed E-state index contributed by atoms with van der Waals surface area (Å²) in [4.78, 5) is 8.52. The van der Waals surface area contributed by atoms with E-state index in [0.29, 0.717) is 0 Å². The van der Waals surface area contributed by atoms with Crippen molar-refractivity contribution in [3.8, 4) is 0 Å². The molecular weight excluding hydrogens is 232 g/mol. The van der Waals surface area contributed by atoms with Crippen molar-refractivity contribution in [2.45, 2.75) is 48.5 Å². The molecule has 0 bridgehead atoms. The maximum atomic E-state index is 4.29. The van der Waals surface area contributed by atoms with Gasteiger partial charge in [-0.05, 0) is 26.8 Å². The van der Waals surface area contributed by atoms with Crippen LogP contribution in [-0.4, -0.2) is 11.9 Å². The summed E-state index contributed by atoms with van der Waals surface area (Å²) in [6.07, 6.45) is 12.7. The van der Waals surface area contributed by atoms with Gasteiger partial charge in [-0.1, -0.05) is 58.6 Å². The molecule has 0 atom stereocenters. The molecule has 0 N–H and O–H groups in total. The van der Waals surface area contributed by atoms with Crippen molar-refractivity contribution in [3.05, 3.63) is 48.9 Å². The molecule has 0 aliphatic carbocycles. The van der Waals surface area contributed by atoms with E-state index < -0.39 is 0 Å². The lowest BCUT2D eigenvalue weighted by Crippen LogP contribution is -1.96. The van der Waals surface area contributed by atoms with E-state index in [1.807, 2.05) is 72.8 Å². The van der Waals surface area contributed by atoms with E-state index in [2.05, 4.69) is 16.6 Å². The first-order valence-corrected chi connectivity index (χ1v) is 6.93. The normalized spacial score (nSPS) is 12.2. The molecule has 0 aliphatic heterocycles. The maximum Gasteiger partial charge on any atom is 0.0879 e. The molecule has 0 rings (SSSR count). The smallest absolute Gasteiger partial charge is 0.0879 e. The standard InChI is InChI=1S/C13H18N2.2C2H6/c1-5-9-13(15-11-7-3)12(8-4)14-10-6-2;2*1-2/h5-11H,2H2,1,3-4H3;2*1-2H3/b9-5?,11-7-,12-8-,14-10?,15-13?;;. The second kappa shape index (κ2) is 21.6. The van der Waals surface area contributed by atoms with E-state index in [9.17, 15) is 0 Å². The zero-order chi connectivity index (χ0) is 15.5. The molecule has 0 spiro atoms. The lowest BCUT2D eigenvalue weighted by Gasteiger charge is -1.99. The van der Waals surface area contributed by atoms with Gasteiger partial charge >= 0.3 is 0 Å². The highest BCUT2D eigenvalue weighted by Crippen LogP contribution is 2.03. The average Bonchev–Trinajstić information content (AvgIpc) is 2.49. The summed E-state index contributed by atoms with van der Waals surface area (Å²) >= 11 is 0. The number of allylic oxidation sites excluding steroid dienone is 5. The Morgan fingerprint density at radius 2 is 1.53 bits per heavy atom. The topological polar surface area (TPSA) is 24.7 Å². The molecule has 0 unspecified atom stereocenters. The Kier molecular flexibility index (Phi) is 25.5. The van der Waals surface area contributed by atoms with Gasteiger partial charge < -0.3 is 0 Å². The molecule has 0 aromatic rings. The van der Waals surface area contributed by atoms with Crippen molar-refractivity contribution in [3.63, 3.8) is 0 Å². The van der Waals surface area contributed by atoms with Crippen LogP contribution in [0.3, 0.4) is 0 Å². The van der Waals surface area contributed by atoms with Crippen LogP contribution in [0.2, 0.25) is 0 Å². The van der Waals surface area contributed by atoms with Gasteiger partial charge in [0.2, 0.25) is 0 Å². The second-order valence-electron chi connectivity index (χ2n) is 2.68. The highest BCUT2D eigenvalue weighted by molar-refractivity contribution is 6.09. The second-order valence-corrected chi connectivity index (χ2v) is 2.68. The van der Waals surface area contributed by atoms with Gasteiger partial charge in [0.15, 0.2) is 0 Å².